The Balaban J connectivity index is 2.17. The topological polar surface area (TPSA) is 36.4 Å². The second-order valence-corrected chi connectivity index (χ2v) is 5.03. The summed E-state index contributed by atoms with van der Waals surface area (Å²) < 4.78 is 0.911. The molecule has 0 amide bonds. The average molecular weight is 292 g/mol. The van der Waals surface area contributed by atoms with Gasteiger partial charge in [-0.2, -0.15) is 0 Å². The minimum absolute atomic E-state index is 0.252. The molecule has 1 aromatic heterocycles. The Morgan fingerprint density at radius 2 is 2.47 bits per heavy atom. The molecule has 5 heteroatoms. The molecular weight excluding hydrogens is 279 g/mol. The van der Waals surface area contributed by atoms with Crippen LogP contribution in [0.3, 0.4) is 0 Å². The molecule has 1 fully saturated rings. The van der Waals surface area contributed by atoms with E-state index in [0.717, 1.165) is 29.8 Å². The highest BCUT2D eigenvalue weighted by atomic mass is 79.9. The zero-order chi connectivity index (χ0) is 10.8. The monoisotopic (exact) mass is 290 g/mol. The Hall–Kier alpha value is -0.320. The fourth-order valence-corrected chi connectivity index (χ4v) is 2.70. The second-order valence-electron chi connectivity index (χ2n) is 3.74. The van der Waals surface area contributed by atoms with Crippen molar-refractivity contribution in [2.45, 2.75) is 6.42 Å². The number of nitrogens with zero attached hydrogens (tertiary/aromatic N) is 2. The van der Waals surface area contributed by atoms with Crippen LogP contribution in [-0.4, -0.2) is 29.8 Å². The van der Waals surface area contributed by atoms with Gasteiger partial charge in [0.15, 0.2) is 0 Å². The highest BCUT2D eigenvalue weighted by Gasteiger charge is 2.24. The van der Waals surface area contributed by atoms with Crippen molar-refractivity contribution in [3.05, 3.63) is 21.8 Å². The third kappa shape index (κ3) is 2.44. The highest BCUT2D eigenvalue weighted by Crippen LogP contribution is 2.30. The zero-order valence-electron chi connectivity index (χ0n) is 8.16. The van der Waals surface area contributed by atoms with Gasteiger partial charge < -0.3 is 10.0 Å². The first-order chi connectivity index (χ1) is 7.20. The third-order valence-corrected chi connectivity index (χ3v) is 3.42. The minimum atomic E-state index is 0.252. The molecule has 1 atom stereocenters. The van der Waals surface area contributed by atoms with Gasteiger partial charge in [0.2, 0.25) is 0 Å². The number of hydrogen-bond acceptors (Lipinski definition) is 3. The summed E-state index contributed by atoms with van der Waals surface area (Å²) in [4.78, 5) is 6.46. The summed E-state index contributed by atoms with van der Waals surface area (Å²) in [5.74, 6) is 1.28. The number of halogens is 2. The molecule has 0 spiro atoms. The largest absolute Gasteiger partial charge is 0.396 e. The van der Waals surface area contributed by atoms with Crippen LogP contribution in [-0.2, 0) is 0 Å². The van der Waals surface area contributed by atoms with E-state index in [1.807, 2.05) is 6.07 Å². The van der Waals surface area contributed by atoms with E-state index in [1.54, 1.807) is 6.20 Å². The summed E-state index contributed by atoms with van der Waals surface area (Å²) in [6, 6.07) is 1.84. The summed E-state index contributed by atoms with van der Waals surface area (Å²) in [6.07, 6.45) is 2.67. The van der Waals surface area contributed by atoms with Crippen LogP contribution in [0.4, 0.5) is 5.82 Å². The maximum atomic E-state index is 9.06. The van der Waals surface area contributed by atoms with Crippen molar-refractivity contribution in [3.63, 3.8) is 0 Å². The number of hydrogen-bond donors (Lipinski definition) is 1. The maximum absolute atomic E-state index is 9.06. The van der Waals surface area contributed by atoms with Crippen LogP contribution in [0.15, 0.2) is 16.7 Å². The fourth-order valence-electron chi connectivity index (χ4n) is 1.81. The van der Waals surface area contributed by atoms with E-state index in [1.165, 1.54) is 0 Å². The van der Waals surface area contributed by atoms with E-state index in [0.29, 0.717) is 10.9 Å². The van der Waals surface area contributed by atoms with Crippen LogP contribution in [0, 0.1) is 5.92 Å². The molecule has 1 saturated heterocycles. The molecule has 82 valence electrons. The van der Waals surface area contributed by atoms with Crippen LogP contribution in [0.1, 0.15) is 6.42 Å². The molecule has 1 N–H and O–H groups in total. The second kappa shape index (κ2) is 4.68. The summed E-state index contributed by atoms with van der Waals surface area (Å²) in [7, 11) is 0. The van der Waals surface area contributed by atoms with Gasteiger partial charge in [-0.3, -0.25) is 0 Å². The first kappa shape index (κ1) is 11.2. The fraction of sp³-hybridized carbons (Fsp3) is 0.500. The number of pyridine rings is 1. The van der Waals surface area contributed by atoms with Crippen molar-refractivity contribution < 1.29 is 5.11 Å². The lowest BCUT2D eigenvalue weighted by molar-refractivity contribution is 0.238. The number of aliphatic hydroxyl groups is 1. The molecule has 0 aliphatic carbocycles. The minimum Gasteiger partial charge on any atom is -0.396 e. The molecule has 0 saturated carbocycles. The Labute approximate surface area is 102 Å². The van der Waals surface area contributed by atoms with Crippen molar-refractivity contribution >= 4 is 33.3 Å². The van der Waals surface area contributed by atoms with Gasteiger partial charge in [-0.15, -0.1) is 0 Å². The maximum Gasteiger partial charge on any atom is 0.142 e. The van der Waals surface area contributed by atoms with E-state index < -0.39 is 0 Å². The van der Waals surface area contributed by atoms with E-state index in [9.17, 15) is 0 Å². The molecule has 2 heterocycles. The first-order valence-corrected chi connectivity index (χ1v) is 6.04. The molecule has 15 heavy (non-hydrogen) atoms. The molecule has 1 aromatic rings. The van der Waals surface area contributed by atoms with E-state index in [2.05, 4.69) is 25.8 Å². The van der Waals surface area contributed by atoms with E-state index in [-0.39, 0.29) is 6.61 Å². The number of anilines is 1. The van der Waals surface area contributed by atoms with E-state index >= 15 is 0 Å². The molecule has 3 nitrogen and oxygen atoms in total. The normalized spacial score (nSPS) is 21.0. The molecule has 0 radical (unpaired) electrons. The van der Waals surface area contributed by atoms with Crippen LogP contribution in [0.5, 0.6) is 0 Å². The lowest BCUT2D eigenvalue weighted by atomic mass is 10.1. The van der Waals surface area contributed by atoms with Crippen molar-refractivity contribution in [2.24, 2.45) is 5.92 Å². The van der Waals surface area contributed by atoms with Gasteiger partial charge in [0, 0.05) is 31.8 Å². The highest BCUT2D eigenvalue weighted by molar-refractivity contribution is 9.10. The van der Waals surface area contributed by atoms with Gasteiger partial charge in [0.05, 0.1) is 9.50 Å². The van der Waals surface area contributed by atoms with E-state index in [4.69, 9.17) is 16.7 Å². The summed E-state index contributed by atoms with van der Waals surface area (Å²) in [5, 5.41) is 9.69. The van der Waals surface area contributed by atoms with Gasteiger partial charge in [0.1, 0.15) is 5.82 Å². The van der Waals surface area contributed by atoms with Gasteiger partial charge in [-0.05, 0) is 28.4 Å². The summed E-state index contributed by atoms with van der Waals surface area (Å²) in [6.45, 7) is 2.06. The molecule has 1 aliphatic rings. The van der Waals surface area contributed by atoms with Crippen LogP contribution in [0.25, 0.3) is 0 Å². The quantitative estimate of drug-likeness (QED) is 0.908. The predicted octanol–water partition coefficient (Wildman–Crippen LogP) is 2.32. The standard InChI is InChI=1S/C10H12BrClN2O/c11-9-3-8(12)4-13-10(9)14-2-1-7(5-14)6-15/h3-4,7,15H,1-2,5-6H2. The third-order valence-electron chi connectivity index (χ3n) is 2.63. The van der Waals surface area contributed by atoms with Crippen molar-refractivity contribution in [1.82, 2.24) is 4.98 Å². The smallest absolute Gasteiger partial charge is 0.142 e. The Kier molecular flexibility index (Phi) is 3.49. The van der Waals surface area contributed by atoms with Crippen LogP contribution < -0.4 is 4.90 Å². The van der Waals surface area contributed by atoms with Crippen molar-refractivity contribution in [1.29, 1.82) is 0 Å². The van der Waals surface area contributed by atoms with Gasteiger partial charge in [0.25, 0.3) is 0 Å². The lowest BCUT2D eigenvalue weighted by Crippen LogP contribution is -2.22. The Bertz CT molecular complexity index is 361. The number of aliphatic hydroxyl groups excluding tert-OH is 1. The van der Waals surface area contributed by atoms with Crippen molar-refractivity contribution in [3.8, 4) is 0 Å². The lowest BCUT2D eigenvalue weighted by Gasteiger charge is -2.18. The molecule has 1 unspecified atom stereocenters. The van der Waals surface area contributed by atoms with Crippen molar-refractivity contribution in [2.75, 3.05) is 24.6 Å². The van der Waals surface area contributed by atoms with Gasteiger partial charge in [-0.1, -0.05) is 11.6 Å². The van der Waals surface area contributed by atoms with Crippen LogP contribution >= 0.6 is 27.5 Å². The molecule has 2 rings (SSSR count). The summed E-state index contributed by atoms with van der Waals surface area (Å²) in [5.41, 5.74) is 0. The predicted molar refractivity (Wildman–Crippen MR) is 64.4 cm³/mol. The molecule has 0 bridgehead atoms. The molecule has 0 aromatic carbocycles. The Morgan fingerprint density at radius 1 is 1.67 bits per heavy atom. The summed E-state index contributed by atoms with van der Waals surface area (Å²) >= 11 is 9.28. The number of rotatable bonds is 2. The molecule has 1 aliphatic heterocycles. The molecular formula is C10H12BrClN2O. The van der Waals surface area contributed by atoms with Crippen LogP contribution in [0.2, 0.25) is 5.02 Å². The zero-order valence-corrected chi connectivity index (χ0v) is 10.5. The number of aromatic nitrogens is 1. The Morgan fingerprint density at radius 3 is 3.07 bits per heavy atom. The van der Waals surface area contributed by atoms with Gasteiger partial charge >= 0.3 is 0 Å². The first-order valence-electron chi connectivity index (χ1n) is 4.87. The van der Waals surface area contributed by atoms with Gasteiger partial charge in [-0.25, -0.2) is 4.98 Å². The SMILES string of the molecule is OCC1CCN(c2ncc(Cl)cc2Br)C1. The average Bonchev–Trinajstić information content (AvgIpc) is 2.66.